The average Bonchev–Trinajstić information content (AvgIpc) is 2.80. The molecule has 1 aliphatic carbocycles. The molecule has 0 N–H and O–H groups in total. The lowest BCUT2D eigenvalue weighted by atomic mass is 9.99. The summed E-state index contributed by atoms with van der Waals surface area (Å²) in [6, 6.07) is 14.0. The first-order valence-electron chi connectivity index (χ1n) is 8.49. The van der Waals surface area contributed by atoms with Gasteiger partial charge in [-0.15, -0.1) is 0 Å². The van der Waals surface area contributed by atoms with Gasteiger partial charge in [-0.3, -0.25) is 0 Å². The zero-order chi connectivity index (χ0) is 16.9. The number of benzene rings is 2. The molecule has 24 heavy (non-hydrogen) atoms. The molecule has 0 aromatic heterocycles. The first kappa shape index (κ1) is 17.5. The number of rotatable bonds is 1. The summed E-state index contributed by atoms with van der Waals surface area (Å²) >= 11 is 4.94. The van der Waals surface area contributed by atoms with Gasteiger partial charge in [0.1, 0.15) is 0 Å². The van der Waals surface area contributed by atoms with Crippen molar-refractivity contribution in [2.75, 3.05) is 6.16 Å². The molecule has 1 aliphatic heterocycles. The molecule has 1 fully saturated rings. The van der Waals surface area contributed by atoms with Crippen molar-refractivity contribution in [3.05, 3.63) is 65.8 Å². The zero-order valence-electron chi connectivity index (χ0n) is 14.0. The van der Waals surface area contributed by atoms with Gasteiger partial charge in [0.05, 0.1) is 0 Å². The Kier molecular flexibility index (Phi) is 4.85. The van der Waals surface area contributed by atoms with Gasteiger partial charge in [0.25, 0.3) is 0 Å². The maximum Gasteiger partial charge on any atom is 0.0308 e. The summed E-state index contributed by atoms with van der Waals surface area (Å²) in [7, 11) is -0.0682. The van der Waals surface area contributed by atoms with E-state index in [9.17, 15) is 0 Å². The van der Waals surface area contributed by atoms with E-state index in [1.165, 1.54) is 37.3 Å². The molecule has 0 bridgehead atoms. The van der Waals surface area contributed by atoms with Crippen molar-refractivity contribution in [2.24, 2.45) is 0 Å². The predicted octanol–water partition coefficient (Wildman–Crippen LogP) is 7.52. The number of halogens is 2. The van der Waals surface area contributed by atoms with Crippen LogP contribution in [0.1, 0.15) is 54.6 Å². The molecular formula is C21H21I2P. The molecule has 124 valence electrons. The molecule has 0 amide bonds. The molecule has 4 rings (SSSR count). The van der Waals surface area contributed by atoms with Gasteiger partial charge in [-0.25, -0.2) is 0 Å². The van der Waals surface area contributed by atoms with Gasteiger partial charge in [-0.05, 0) is 116 Å². The molecule has 0 nitrogen and oxygen atoms in total. The van der Waals surface area contributed by atoms with Gasteiger partial charge < -0.3 is 0 Å². The van der Waals surface area contributed by atoms with Crippen molar-refractivity contribution in [3.8, 4) is 0 Å². The molecule has 0 saturated carbocycles. The standard InChI is InChI=1S/C21H21I2P/c1-21(2)10-3-11-24(21)20-18-12-16(22)8-6-14(18)4-5-15-7-9-17(23)13-19(15)20/h4-9,12-13,20H,3,10-11H2,1-2H3/t24-/m1/s1. The smallest absolute Gasteiger partial charge is 0.0308 e. The lowest BCUT2D eigenvalue weighted by Gasteiger charge is -2.36. The van der Waals surface area contributed by atoms with Crippen LogP contribution in [0.2, 0.25) is 0 Å². The van der Waals surface area contributed by atoms with E-state index >= 15 is 0 Å². The summed E-state index contributed by atoms with van der Waals surface area (Å²) in [5.74, 6) is 0. The maximum atomic E-state index is 2.51. The molecule has 1 heterocycles. The molecule has 0 spiro atoms. The third-order valence-electron chi connectivity index (χ3n) is 5.41. The van der Waals surface area contributed by atoms with Crippen LogP contribution in [0.25, 0.3) is 12.2 Å². The SMILES string of the molecule is CC1(C)CCC[P@]1C1c2cc(I)ccc2C=Cc2ccc(I)cc21. The first-order chi connectivity index (χ1) is 11.5. The van der Waals surface area contributed by atoms with Gasteiger partial charge in [0, 0.05) is 12.8 Å². The monoisotopic (exact) mass is 558 g/mol. The number of hydrogen-bond donors (Lipinski definition) is 0. The minimum absolute atomic E-state index is 0.0682. The molecule has 1 saturated heterocycles. The fourth-order valence-corrected chi connectivity index (χ4v) is 8.81. The van der Waals surface area contributed by atoms with Crippen molar-refractivity contribution in [1.29, 1.82) is 0 Å². The second kappa shape index (κ2) is 6.66. The summed E-state index contributed by atoms with van der Waals surface area (Å²) in [5.41, 5.74) is 6.51. The topological polar surface area (TPSA) is 0 Å². The van der Waals surface area contributed by atoms with E-state index in [-0.39, 0.29) is 7.92 Å². The highest BCUT2D eigenvalue weighted by Gasteiger charge is 2.41. The minimum atomic E-state index is -0.0682. The van der Waals surface area contributed by atoms with Gasteiger partial charge >= 0.3 is 0 Å². The molecule has 0 radical (unpaired) electrons. The zero-order valence-corrected chi connectivity index (χ0v) is 19.2. The van der Waals surface area contributed by atoms with E-state index in [2.05, 4.69) is 108 Å². The van der Waals surface area contributed by atoms with Crippen molar-refractivity contribution in [2.45, 2.75) is 37.5 Å². The van der Waals surface area contributed by atoms with Crippen molar-refractivity contribution in [3.63, 3.8) is 0 Å². The molecule has 2 aromatic rings. The summed E-state index contributed by atoms with van der Waals surface area (Å²) in [5, 5.41) is 0.474. The summed E-state index contributed by atoms with van der Waals surface area (Å²) in [6.07, 6.45) is 8.83. The highest BCUT2D eigenvalue weighted by molar-refractivity contribution is 14.1. The molecule has 2 aromatic carbocycles. The van der Waals surface area contributed by atoms with Crippen LogP contribution in [0.4, 0.5) is 0 Å². The van der Waals surface area contributed by atoms with Crippen LogP contribution in [-0.4, -0.2) is 11.3 Å². The van der Waals surface area contributed by atoms with E-state index in [4.69, 9.17) is 0 Å². The third-order valence-corrected chi connectivity index (χ3v) is 10.5. The largest absolute Gasteiger partial charge is 0.0885 e. The van der Waals surface area contributed by atoms with Crippen LogP contribution in [-0.2, 0) is 0 Å². The van der Waals surface area contributed by atoms with Gasteiger partial charge in [-0.2, -0.15) is 0 Å². The van der Waals surface area contributed by atoms with Crippen molar-refractivity contribution >= 4 is 65.3 Å². The predicted molar refractivity (Wildman–Crippen MR) is 124 cm³/mol. The Morgan fingerprint density at radius 2 is 1.46 bits per heavy atom. The van der Waals surface area contributed by atoms with Crippen LogP contribution >= 0.6 is 53.1 Å². The molecule has 1 atom stereocenters. The third kappa shape index (κ3) is 3.12. The Labute approximate surface area is 173 Å². The Balaban J connectivity index is 1.98. The van der Waals surface area contributed by atoms with E-state index in [0.717, 1.165) is 0 Å². The van der Waals surface area contributed by atoms with E-state index in [0.29, 0.717) is 10.8 Å². The van der Waals surface area contributed by atoms with Crippen LogP contribution in [0.5, 0.6) is 0 Å². The Morgan fingerprint density at radius 3 is 1.92 bits per heavy atom. The summed E-state index contributed by atoms with van der Waals surface area (Å²) in [4.78, 5) is 0. The van der Waals surface area contributed by atoms with E-state index in [1.54, 1.807) is 11.1 Å². The van der Waals surface area contributed by atoms with Gasteiger partial charge in [0.2, 0.25) is 0 Å². The summed E-state index contributed by atoms with van der Waals surface area (Å²) in [6.45, 7) is 5.01. The first-order valence-corrected chi connectivity index (χ1v) is 12.2. The minimum Gasteiger partial charge on any atom is -0.0885 e. The maximum absolute atomic E-state index is 2.51. The molecule has 0 unspecified atom stereocenters. The van der Waals surface area contributed by atoms with Crippen molar-refractivity contribution < 1.29 is 0 Å². The fourth-order valence-electron chi connectivity index (χ4n) is 4.16. The van der Waals surface area contributed by atoms with Crippen LogP contribution < -0.4 is 0 Å². The number of hydrogen-bond acceptors (Lipinski definition) is 0. The average molecular weight is 558 g/mol. The Bertz CT molecular complexity index is 767. The van der Waals surface area contributed by atoms with Crippen LogP contribution in [0.3, 0.4) is 0 Å². The highest BCUT2D eigenvalue weighted by Crippen LogP contribution is 2.69. The second-order valence-corrected chi connectivity index (χ2v) is 13.0. The lowest BCUT2D eigenvalue weighted by molar-refractivity contribution is 0.655. The Morgan fingerprint density at radius 1 is 0.917 bits per heavy atom. The summed E-state index contributed by atoms with van der Waals surface area (Å²) < 4.78 is 2.71. The Hall–Kier alpha value is 0.0700. The lowest BCUT2D eigenvalue weighted by Crippen LogP contribution is -2.17. The molecule has 2 aliphatic rings. The van der Waals surface area contributed by atoms with Gasteiger partial charge in [0.15, 0.2) is 0 Å². The van der Waals surface area contributed by atoms with Crippen LogP contribution in [0, 0.1) is 7.14 Å². The van der Waals surface area contributed by atoms with E-state index in [1.807, 2.05) is 0 Å². The molecular weight excluding hydrogens is 537 g/mol. The van der Waals surface area contributed by atoms with E-state index < -0.39 is 0 Å². The van der Waals surface area contributed by atoms with Crippen LogP contribution in [0.15, 0.2) is 36.4 Å². The molecule has 3 heteroatoms. The normalized spacial score (nSPS) is 22.1. The number of fused-ring (bicyclic) bond motifs is 2. The highest BCUT2D eigenvalue weighted by atomic mass is 127. The van der Waals surface area contributed by atoms with Crippen molar-refractivity contribution in [1.82, 2.24) is 0 Å². The second-order valence-electron chi connectivity index (χ2n) is 7.39. The fraction of sp³-hybridized carbons (Fsp3) is 0.333. The quantitative estimate of drug-likeness (QED) is 0.251. The van der Waals surface area contributed by atoms with Gasteiger partial charge in [-0.1, -0.05) is 46.1 Å².